The number of hydrogen-bond donors (Lipinski definition) is 2. The molecule has 0 radical (unpaired) electrons. The van der Waals surface area contributed by atoms with Crippen LogP contribution in [0.1, 0.15) is 39.5 Å². The van der Waals surface area contributed by atoms with E-state index in [2.05, 4.69) is 20.8 Å². The first-order valence-corrected chi connectivity index (χ1v) is 11.0. The Morgan fingerprint density at radius 2 is 1.19 bits per heavy atom. The topological polar surface area (TPSA) is 89.4 Å². The van der Waals surface area contributed by atoms with Crippen LogP contribution < -0.4 is 10.6 Å². The third-order valence-electron chi connectivity index (χ3n) is 4.40. The zero-order valence-electron chi connectivity index (χ0n) is 17.8. The molecule has 2 aromatic carbocycles. The van der Waals surface area contributed by atoms with Crippen molar-refractivity contribution in [3.05, 3.63) is 58.6 Å². The van der Waals surface area contributed by atoms with Crippen LogP contribution in [0.3, 0.4) is 0 Å². The van der Waals surface area contributed by atoms with E-state index in [1.54, 1.807) is 48.5 Å². The van der Waals surface area contributed by atoms with Crippen molar-refractivity contribution in [2.75, 3.05) is 10.6 Å². The lowest BCUT2D eigenvalue weighted by molar-refractivity contribution is 0.222. The molecular formula is C22H24Cl2N6O2. The van der Waals surface area contributed by atoms with Gasteiger partial charge in [0.25, 0.3) is 0 Å². The molecule has 4 amide bonds. The third-order valence-corrected chi connectivity index (χ3v) is 4.87. The first kappa shape index (κ1) is 23.6. The van der Waals surface area contributed by atoms with Gasteiger partial charge >= 0.3 is 12.1 Å². The lowest BCUT2D eigenvalue weighted by Gasteiger charge is -2.30. The van der Waals surface area contributed by atoms with Gasteiger partial charge in [0.1, 0.15) is 0 Å². The van der Waals surface area contributed by atoms with E-state index in [9.17, 15) is 9.59 Å². The van der Waals surface area contributed by atoms with Gasteiger partial charge in [-0.15, -0.1) is 10.2 Å². The second-order valence-electron chi connectivity index (χ2n) is 7.04. The smallest absolute Gasteiger partial charge is 0.306 e. The fraction of sp³-hybridized carbons (Fsp3) is 0.273. The summed E-state index contributed by atoms with van der Waals surface area (Å²) in [6.45, 7) is 3.91. The number of nitrogens with one attached hydrogen (secondary N) is 2. The maximum Gasteiger partial charge on any atom is 0.348 e. The predicted octanol–water partition coefficient (Wildman–Crippen LogP) is 6.60. The molecule has 168 valence electrons. The largest absolute Gasteiger partial charge is 0.348 e. The van der Waals surface area contributed by atoms with E-state index in [0.717, 1.165) is 0 Å². The summed E-state index contributed by atoms with van der Waals surface area (Å²) in [7, 11) is 0. The number of benzene rings is 2. The Morgan fingerprint density at radius 3 is 1.53 bits per heavy atom. The van der Waals surface area contributed by atoms with Gasteiger partial charge in [0.05, 0.1) is 0 Å². The zero-order valence-corrected chi connectivity index (χ0v) is 19.3. The maximum absolute atomic E-state index is 13.0. The molecule has 0 saturated carbocycles. The second-order valence-corrected chi connectivity index (χ2v) is 7.91. The minimum absolute atomic E-state index is 0.355. The summed E-state index contributed by atoms with van der Waals surface area (Å²) in [5, 5.41) is 17.9. The van der Waals surface area contributed by atoms with Gasteiger partial charge in [0.2, 0.25) is 0 Å². The third kappa shape index (κ3) is 5.99. The summed E-state index contributed by atoms with van der Waals surface area (Å²) in [6, 6.07) is 12.7. The normalized spacial score (nSPS) is 13.4. The van der Waals surface area contributed by atoms with Gasteiger partial charge in [-0.05, 0) is 49.2 Å². The molecule has 32 heavy (non-hydrogen) atoms. The van der Waals surface area contributed by atoms with Crippen LogP contribution in [0.2, 0.25) is 10.0 Å². The fourth-order valence-corrected chi connectivity index (χ4v) is 3.38. The molecule has 2 aromatic rings. The van der Waals surface area contributed by atoms with Crippen LogP contribution in [0.5, 0.6) is 0 Å². The van der Waals surface area contributed by atoms with Gasteiger partial charge in [0.15, 0.2) is 11.7 Å². The van der Waals surface area contributed by atoms with Crippen LogP contribution in [0.4, 0.5) is 21.0 Å². The van der Waals surface area contributed by atoms with E-state index >= 15 is 0 Å². The van der Waals surface area contributed by atoms with Crippen LogP contribution in [-0.4, -0.2) is 33.8 Å². The van der Waals surface area contributed by atoms with Gasteiger partial charge < -0.3 is 10.6 Å². The Hall–Kier alpha value is -3.10. The van der Waals surface area contributed by atoms with Crippen LogP contribution in [-0.2, 0) is 0 Å². The number of amidine groups is 2. The van der Waals surface area contributed by atoms with Gasteiger partial charge in [-0.1, -0.05) is 49.2 Å². The number of amides is 4. The molecule has 0 aromatic heterocycles. The van der Waals surface area contributed by atoms with Crippen molar-refractivity contribution in [2.45, 2.75) is 39.5 Å². The Balaban J connectivity index is 1.86. The molecule has 0 spiro atoms. The van der Waals surface area contributed by atoms with E-state index in [-0.39, 0.29) is 0 Å². The average Bonchev–Trinajstić information content (AvgIpc) is 2.74. The molecule has 8 nitrogen and oxygen atoms in total. The number of carbonyl (C=O) groups excluding carboxylic acids is 2. The average molecular weight is 475 g/mol. The Labute approximate surface area is 196 Å². The van der Waals surface area contributed by atoms with Crippen molar-refractivity contribution >= 4 is 58.3 Å². The number of hydrogen-bond acceptors (Lipinski definition) is 4. The summed E-state index contributed by atoms with van der Waals surface area (Å²) in [5.74, 6) is 0.709. The molecule has 0 bridgehead atoms. The summed E-state index contributed by atoms with van der Waals surface area (Å²) < 4.78 is 0. The highest BCUT2D eigenvalue weighted by Crippen LogP contribution is 2.20. The molecule has 0 fully saturated rings. The number of hydrazone groups is 2. The zero-order chi connectivity index (χ0) is 23.1. The van der Waals surface area contributed by atoms with E-state index in [4.69, 9.17) is 23.2 Å². The number of halogens is 2. The fourth-order valence-electron chi connectivity index (χ4n) is 3.00. The van der Waals surface area contributed by atoms with Crippen molar-refractivity contribution in [3.63, 3.8) is 0 Å². The first-order valence-electron chi connectivity index (χ1n) is 10.3. The van der Waals surface area contributed by atoms with Gasteiger partial charge in [-0.2, -0.15) is 10.0 Å². The summed E-state index contributed by atoms with van der Waals surface area (Å²) >= 11 is 12.0. The predicted molar refractivity (Wildman–Crippen MR) is 129 cm³/mol. The Bertz CT molecular complexity index is 973. The molecule has 0 saturated heterocycles. The van der Waals surface area contributed by atoms with Crippen molar-refractivity contribution in [1.29, 1.82) is 0 Å². The lowest BCUT2D eigenvalue weighted by atomic mass is 10.3. The summed E-state index contributed by atoms with van der Waals surface area (Å²) in [5.41, 5.74) is 1.07. The lowest BCUT2D eigenvalue weighted by Crippen LogP contribution is -2.47. The molecule has 10 heteroatoms. The van der Waals surface area contributed by atoms with Crippen LogP contribution in [0.15, 0.2) is 58.7 Å². The van der Waals surface area contributed by atoms with Gasteiger partial charge in [0, 0.05) is 34.3 Å². The van der Waals surface area contributed by atoms with Crippen molar-refractivity contribution < 1.29 is 9.59 Å². The molecule has 0 atom stereocenters. The SMILES string of the molecule is CCCC1=NN(C(=O)Nc2cccc(Cl)c2)C(CCC)=NN1C(=O)Nc1cccc(Cl)c1. The molecule has 2 N–H and O–H groups in total. The van der Waals surface area contributed by atoms with Crippen LogP contribution in [0, 0.1) is 0 Å². The summed E-state index contributed by atoms with van der Waals surface area (Å²) in [4.78, 5) is 25.9. The number of rotatable bonds is 6. The summed E-state index contributed by atoms with van der Waals surface area (Å²) in [6.07, 6.45) is 2.32. The van der Waals surface area contributed by atoms with Gasteiger partial charge in [-0.3, -0.25) is 0 Å². The van der Waals surface area contributed by atoms with Crippen molar-refractivity contribution in [2.24, 2.45) is 10.2 Å². The number of carbonyl (C=O) groups is 2. The van der Waals surface area contributed by atoms with E-state index in [1.165, 1.54) is 10.0 Å². The molecule has 1 aliphatic heterocycles. The minimum Gasteiger partial charge on any atom is -0.306 e. The highest BCUT2D eigenvalue weighted by molar-refractivity contribution is 6.31. The molecule has 1 aliphatic rings. The molecule has 1 heterocycles. The van der Waals surface area contributed by atoms with Crippen molar-refractivity contribution in [1.82, 2.24) is 10.0 Å². The monoisotopic (exact) mass is 474 g/mol. The first-order chi connectivity index (χ1) is 15.4. The van der Waals surface area contributed by atoms with E-state index in [1.807, 2.05) is 13.8 Å². The second kappa shape index (κ2) is 11.0. The van der Waals surface area contributed by atoms with E-state index in [0.29, 0.717) is 58.8 Å². The van der Waals surface area contributed by atoms with Crippen molar-refractivity contribution in [3.8, 4) is 0 Å². The van der Waals surface area contributed by atoms with Crippen LogP contribution >= 0.6 is 23.2 Å². The number of anilines is 2. The Kier molecular flexibility index (Phi) is 8.08. The van der Waals surface area contributed by atoms with E-state index < -0.39 is 12.1 Å². The number of nitrogens with zero attached hydrogens (tertiary/aromatic N) is 4. The molecule has 3 rings (SSSR count). The minimum atomic E-state index is -0.483. The molecule has 0 unspecified atom stereocenters. The van der Waals surface area contributed by atoms with Crippen LogP contribution in [0.25, 0.3) is 0 Å². The molecule has 0 aliphatic carbocycles. The maximum atomic E-state index is 13.0. The Morgan fingerprint density at radius 1 is 0.781 bits per heavy atom. The highest BCUT2D eigenvalue weighted by atomic mass is 35.5. The highest BCUT2D eigenvalue weighted by Gasteiger charge is 2.30. The quantitative estimate of drug-likeness (QED) is 0.493. The standard InChI is InChI=1S/C22H24Cl2N6O2/c1-3-7-19-27-30(22(32)26-18-12-6-10-16(24)14-18)20(8-4-2)28-29(19)21(31)25-17-11-5-9-15(23)13-17/h5-6,9-14H,3-4,7-8H2,1-2H3,(H,25,31)(H,26,32). The molecular weight excluding hydrogens is 451 g/mol. The number of urea groups is 2. The van der Waals surface area contributed by atoms with Gasteiger partial charge in [-0.25, -0.2) is 9.59 Å².